The number of cyclic esters (lactones) is 1. The zero-order chi connectivity index (χ0) is 25.5. The molecule has 0 unspecified atom stereocenters. The minimum Gasteiger partial charge on any atom is -0.438 e. The van der Waals surface area contributed by atoms with Gasteiger partial charge in [0.05, 0.1) is 6.54 Å². The Morgan fingerprint density at radius 1 is 0.944 bits per heavy atom. The van der Waals surface area contributed by atoms with Crippen LogP contribution in [0.2, 0.25) is 0 Å². The number of hydrogen-bond acceptors (Lipinski definition) is 4. The van der Waals surface area contributed by atoms with Crippen LogP contribution in [-0.2, 0) is 27.4 Å². The molecule has 2 N–H and O–H groups in total. The van der Waals surface area contributed by atoms with Crippen LogP contribution in [0.1, 0.15) is 48.1 Å². The third-order valence-electron chi connectivity index (χ3n) is 6.11. The number of nitrogens with one attached hydrogen (secondary N) is 2. The second-order valence-corrected chi connectivity index (χ2v) is 8.99. The molecule has 3 aromatic rings. The highest BCUT2D eigenvalue weighted by molar-refractivity contribution is 5.91. The van der Waals surface area contributed by atoms with Crippen molar-refractivity contribution in [2.45, 2.75) is 51.9 Å². The van der Waals surface area contributed by atoms with Gasteiger partial charge in [-0.25, -0.2) is 4.79 Å². The molecule has 1 fully saturated rings. The summed E-state index contributed by atoms with van der Waals surface area (Å²) < 4.78 is 5.76. The van der Waals surface area contributed by atoms with Gasteiger partial charge in [0.2, 0.25) is 11.8 Å². The van der Waals surface area contributed by atoms with Gasteiger partial charge in [-0.3, -0.25) is 14.5 Å². The van der Waals surface area contributed by atoms with E-state index in [0.29, 0.717) is 24.2 Å². The van der Waals surface area contributed by atoms with Crippen LogP contribution < -0.4 is 10.6 Å². The van der Waals surface area contributed by atoms with Gasteiger partial charge in [0.1, 0.15) is 0 Å². The quantitative estimate of drug-likeness (QED) is 0.441. The van der Waals surface area contributed by atoms with Crippen molar-refractivity contribution in [1.29, 1.82) is 0 Å². The van der Waals surface area contributed by atoms with E-state index in [9.17, 15) is 14.4 Å². The molecule has 36 heavy (non-hydrogen) atoms. The van der Waals surface area contributed by atoms with Crippen molar-refractivity contribution in [1.82, 2.24) is 10.2 Å². The third-order valence-corrected chi connectivity index (χ3v) is 6.11. The number of aryl methyl sites for hydroxylation is 1. The first-order valence-corrected chi connectivity index (χ1v) is 12.2. The molecule has 0 radical (unpaired) electrons. The fourth-order valence-electron chi connectivity index (χ4n) is 4.23. The van der Waals surface area contributed by atoms with E-state index in [2.05, 4.69) is 10.6 Å². The summed E-state index contributed by atoms with van der Waals surface area (Å²) in [5.74, 6) is -0.390. The van der Waals surface area contributed by atoms with Gasteiger partial charge in [0, 0.05) is 18.7 Å². The number of amides is 3. The van der Waals surface area contributed by atoms with Gasteiger partial charge in [-0.2, -0.15) is 0 Å². The van der Waals surface area contributed by atoms with E-state index in [1.165, 1.54) is 4.90 Å². The van der Waals surface area contributed by atoms with Gasteiger partial charge in [-0.15, -0.1) is 0 Å². The van der Waals surface area contributed by atoms with Crippen LogP contribution in [0.4, 0.5) is 10.5 Å². The van der Waals surface area contributed by atoms with Gasteiger partial charge in [-0.05, 0) is 42.2 Å². The minimum absolute atomic E-state index is 0.0868. The topological polar surface area (TPSA) is 87.7 Å². The predicted molar refractivity (Wildman–Crippen MR) is 138 cm³/mol. The minimum atomic E-state index is -0.871. The number of rotatable bonds is 9. The lowest BCUT2D eigenvalue weighted by Gasteiger charge is -2.24. The molecule has 1 heterocycles. The Labute approximate surface area is 211 Å². The Hall–Kier alpha value is -4.13. The number of nitrogens with zero attached hydrogens (tertiary/aromatic N) is 1. The Kier molecular flexibility index (Phi) is 8.00. The van der Waals surface area contributed by atoms with Crippen LogP contribution in [-0.4, -0.2) is 28.8 Å². The molecular weight excluding hydrogens is 454 g/mol. The summed E-state index contributed by atoms with van der Waals surface area (Å²) in [4.78, 5) is 40.1. The summed E-state index contributed by atoms with van der Waals surface area (Å²) in [6, 6.07) is 23.7. The van der Waals surface area contributed by atoms with Crippen molar-refractivity contribution in [3.63, 3.8) is 0 Å². The highest BCUT2D eigenvalue weighted by atomic mass is 16.6. The van der Waals surface area contributed by atoms with E-state index >= 15 is 0 Å². The molecule has 7 nitrogen and oxygen atoms in total. The van der Waals surface area contributed by atoms with Gasteiger partial charge >= 0.3 is 6.09 Å². The fourth-order valence-corrected chi connectivity index (χ4v) is 4.23. The Morgan fingerprint density at radius 2 is 1.69 bits per heavy atom. The summed E-state index contributed by atoms with van der Waals surface area (Å²) in [7, 11) is 0. The first-order chi connectivity index (χ1) is 17.4. The number of anilines is 1. The van der Waals surface area contributed by atoms with Crippen LogP contribution in [0.5, 0.6) is 0 Å². The maximum absolute atomic E-state index is 13.5. The Balaban J connectivity index is 1.60. The SMILES string of the molecule is CCCC(=O)Nc1cccc([C@H]2OC(=O)N(Cc3ccc(C)cc3)[C@H]2C(=O)NCc2ccccc2)c1. The fraction of sp³-hybridized carbons (Fsp3) is 0.276. The highest BCUT2D eigenvalue weighted by Gasteiger charge is 2.47. The van der Waals surface area contributed by atoms with E-state index in [4.69, 9.17) is 4.74 Å². The smallest absolute Gasteiger partial charge is 0.411 e. The van der Waals surface area contributed by atoms with E-state index in [0.717, 1.165) is 23.1 Å². The number of carbonyl (C=O) groups excluding carboxylic acids is 3. The first-order valence-electron chi connectivity index (χ1n) is 12.2. The molecule has 2 atom stereocenters. The molecule has 1 saturated heterocycles. The number of hydrogen-bond donors (Lipinski definition) is 2. The average molecular weight is 486 g/mol. The summed E-state index contributed by atoms with van der Waals surface area (Å²) in [5, 5.41) is 5.84. The van der Waals surface area contributed by atoms with E-state index in [1.54, 1.807) is 24.3 Å². The van der Waals surface area contributed by atoms with E-state index in [-0.39, 0.29) is 18.4 Å². The zero-order valence-electron chi connectivity index (χ0n) is 20.6. The average Bonchev–Trinajstić information content (AvgIpc) is 3.20. The van der Waals surface area contributed by atoms with Crippen molar-refractivity contribution in [3.8, 4) is 0 Å². The molecule has 0 aliphatic carbocycles. The standard InChI is InChI=1S/C29H31N3O4/c1-3-8-25(33)31-24-12-7-11-23(17-24)27-26(28(34)30-18-21-9-5-4-6-10-21)32(29(35)36-27)19-22-15-13-20(2)14-16-22/h4-7,9-17,26-27H,3,8,18-19H2,1-2H3,(H,30,34)(H,31,33)/t26-,27-/m1/s1. The van der Waals surface area contributed by atoms with Crippen molar-refractivity contribution < 1.29 is 19.1 Å². The highest BCUT2D eigenvalue weighted by Crippen LogP contribution is 2.35. The molecule has 0 saturated carbocycles. The first kappa shape index (κ1) is 25.0. The van der Waals surface area contributed by atoms with Crippen LogP contribution in [0, 0.1) is 6.92 Å². The third kappa shape index (κ3) is 6.10. The van der Waals surface area contributed by atoms with E-state index < -0.39 is 18.2 Å². The molecule has 7 heteroatoms. The molecular formula is C29H31N3O4. The number of ether oxygens (including phenoxy) is 1. The molecule has 1 aliphatic rings. The number of carbonyl (C=O) groups is 3. The maximum Gasteiger partial charge on any atom is 0.411 e. The van der Waals surface area contributed by atoms with Gasteiger partial charge in [0.15, 0.2) is 12.1 Å². The molecule has 3 amide bonds. The van der Waals surface area contributed by atoms with Crippen LogP contribution in [0.15, 0.2) is 78.9 Å². The Morgan fingerprint density at radius 3 is 2.42 bits per heavy atom. The second-order valence-electron chi connectivity index (χ2n) is 8.99. The molecule has 4 rings (SSSR count). The second kappa shape index (κ2) is 11.5. The zero-order valence-corrected chi connectivity index (χ0v) is 20.6. The van der Waals surface area contributed by atoms with Crippen molar-refractivity contribution in [2.24, 2.45) is 0 Å². The lowest BCUT2D eigenvalue weighted by molar-refractivity contribution is -0.126. The lowest BCUT2D eigenvalue weighted by atomic mass is 9.99. The number of benzene rings is 3. The molecule has 186 valence electrons. The van der Waals surface area contributed by atoms with Gasteiger partial charge < -0.3 is 15.4 Å². The summed E-state index contributed by atoms with van der Waals surface area (Å²) in [5.41, 5.74) is 4.21. The summed E-state index contributed by atoms with van der Waals surface area (Å²) in [6.07, 6.45) is -0.219. The normalized spacial score (nSPS) is 16.9. The van der Waals surface area contributed by atoms with Crippen molar-refractivity contribution in [3.05, 3.63) is 101 Å². The summed E-state index contributed by atoms with van der Waals surface area (Å²) >= 11 is 0. The van der Waals surface area contributed by atoms with Crippen LogP contribution in [0.25, 0.3) is 0 Å². The van der Waals surface area contributed by atoms with Crippen molar-refractivity contribution in [2.75, 3.05) is 5.32 Å². The van der Waals surface area contributed by atoms with Gasteiger partial charge in [0.25, 0.3) is 0 Å². The predicted octanol–water partition coefficient (Wildman–Crippen LogP) is 5.11. The van der Waals surface area contributed by atoms with Crippen LogP contribution in [0.3, 0.4) is 0 Å². The molecule has 1 aliphatic heterocycles. The molecule has 3 aromatic carbocycles. The molecule has 0 spiro atoms. The lowest BCUT2D eigenvalue weighted by Crippen LogP contribution is -2.46. The van der Waals surface area contributed by atoms with E-state index in [1.807, 2.05) is 68.4 Å². The maximum atomic E-state index is 13.5. The molecule has 0 bridgehead atoms. The van der Waals surface area contributed by atoms with Crippen molar-refractivity contribution >= 4 is 23.6 Å². The molecule has 0 aromatic heterocycles. The van der Waals surface area contributed by atoms with Crippen LogP contribution >= 0.6 is 0 Å². The monoisotopic (exact) mass is 485 g/mol. The largest absolute Gasteiger partial charge is 0.438 e. The Bertz CT molecular complexity index is 1210. The van der Waals surface area contributed by atoms with Gasteiger partial charge in [-0.1, -0.05) is 79.2 Å². The summed E-state index contributed by atoms with van der Waals surface area (Å²) in [6.45, 7) is 4.51.